The molecule has 0 fully saturated rings. The lowest BCUT2D eigenvalue weighted by molar-refractivity contribution is 1.20. The Balaban J connectivity index is 1.04. The fourth-order valence-electron chi connectivity index (χ4n) is 10.0. The second kappa shape index (κ2) is 21.4. The molecule has 13 rings (SSSR count). The van der Waals surface area contributed by atoms with Gasteiger partial charge in [0.15, 0.2) is 0 Å². The molecule has 0 radical (unpaired) electrons. The highest BCUT2D eigenvalue weighted by molar-refractivity contribution is 5.92. The van der Waals surface area contributed by atoms with Crippen LogP contribution in [0.4, 0.5) is 0 Å². The zero-order valence-corrected chi connectivity index (χ0v) is 42.4. The van der Waals surface area contributed by atoms with E-state index in [4.69, 9.17) is 29.9 Å². The molecule has 0 saturated heterocycles. The molecule has 0 atom stereocenters. The van der Waals surface area contributed by atoms with Crippen molar-refractivity contribution in [3.8, 4) is 135 Å². The Hall–Kier alpha value is -10.6. The average Bonchev–Trinajstić information content (AvgIpc) is 3.72. The first kappa shape index (κ1) is 47.2. The Kier molecular flexibility index (Phi) is 12.9. The quantitative estimate of drug-likeness (QED) is 0.121. The van der Waals surface area contributed by atoms with Gasteiger partial charge in [0, 0.05) is 66.8 Å². The summed E-state index contributed by atoms with van der Waals surface area (Å²) < 4.78 is 0. The van der Waals surface area contributed by atoms with E-state index < -0.39 is 0 Å². The molecule has 0 spiro atoms. The Morgan fingerprint density at radius 2 is 0.308 bits per heavy atom. The van der Waals surface area contributed by atoms with Crippen LogP contribution in [0.1, 0.15) is 0 Å². The van der Waals surface area contributed by atoms with Crippen molar-refractivity contribution >= 4 is 0 Å². The predicted molar refractivity (Wildman–Crippen MR) is 318 cm³/mol. The summed E-state index contributed by atoms with van der Waals surface area (Å²) in [6, 6.07) is 99.8. The van der Waals surface area contributed by atoms with Crippen LogP contribution in [0.5, 0.6) is 0 Å². The molecular weight excluding hydrogens is 949 g/mol. The van der Waals surface area contributed by atoms with Crippen LogP contribution < -0.4 is 0 Å². The van der Waals surface area contributed by atoms with E-state index in [9.17, 15) is 0 Å². The van der Waals surface area contributed by atoms with E-state index in [1.807, 2.05) is 97.1 Å². The van der Waals surface area contributed by atoms with Gasteiger partial charge in [-0.2, -0.15) is 0 Å². The van der Waals surface area contributed by atoms with Crippen LogP contribution in [0, 0.1) is 0 Å². The lowest BCUT2D eigenvalue weighted by Gasteiger charge is -2.19. The maximum atomic E-state index is 5.75. The normalized spacial score (nSPS) is 11.1. The van der Waals surface area contributed by atoms with Gasteiger partial charge < -0.3 is 0 Å². The van der Waals surface area contributed by atoms with Crippen molar-refractivity contribution in [2.45, 2.75) is 0 Å². The van der Waals surface area contributed by atoms with Gasteiger partial charge >= 0.3 is 0 Å². The summed E-state index contributed by atoms with van der Waals surface area (Å²) in [4.78, 5) is 33.4. The molecular formula is C72H48N6. The Bertz CT molecular complexity index is 3810. The SMILES string of the molecule is c1ccc(-c2cc(-c3nc(-c4ccccc4)c(-c4cccc(-c5nc(-c6ccccc6)c(-c6cc(-c7ccccc7)nc(-c7ccccc7)c6)nc5-c5ccccc5)c4)nc3-c3ccccc3)cc(-c3ccccc3)n2)cc1. The molecule has 6 heteroatoms. The van der Waals surface area contributed by atoms with Crippen LogP contribution in [0.2, 0.25) is 0 Å². The van der Waals surface area contributed by atoms with Crippen molar-refractivity contribution in [1.29, 1.82) is 0 Å². The minimum absolute atomic E-state index is 0.735. The van der Waals surface area contributed by atoms with E-state index in [0.717, 1.165) is 135 Å². The maximum absolute atomic E-state index is 5.75. The molecule has 0 aliphatic carbocycles. The molecule has 0 aliphatic heterocycles. The molecule has 0 aliphatic rings. The van der Waals surface area contributed by atoms with Crippen molar-refractivity contribution in [2.75, 3.05) is 0 Å². The molecule has 13 aromatic rings. The molecule has 366 valence electrons. The Morgan fingerprint density at radius 3 is 0.538 bits per heavy atom. The van der Waals surface area contributed by atoms with Gasteiger partial charge in [0.2, 0.25) is 0 Å². The summed E-state index contributed by atoms with van der Waals surface area (Å²) in [5.74, 6) is 0. The number of rotatable bonds is 12. The van der Waals surface area contributed by atoms with Gasteiger partial charge in [-0.05, 0) is 30.3 Å². The molecule has 0 unspecified atom stereocenters. The molecule has 0 bridgehead atoms. The van der Waals surface area contributed by atoms with Gasteiger partial charge in [-0.15, -0.1) is 0 Å². The standard InChI is InChI=1S/C72H48N6/c1-9-26-49(27-10-1)61-45-59(46-62(73-61)50-28-11-2-12-29-50)71-67(55-38-21-7-22-39-55)75-69(65(77-71)53-34-17-5-18-35-53)57-42-25-43-58(44-57)70-66(54-36-19-6-20-37-54)78-72(68(76-70)56-40-23-8-24-41-56)60-47-63(51-30-13-3-14-31-51)74-64(48-60)52-32-15-4-16-33-52/h1-48H. The fourth-order valence-corrected chi connectivity index (χ4v) is 10.0. The van der Waals surface area contributed by atoms with Crippen LogP contribution in [0.25, 0.3) is 135 Å². The van der Waals surface area contributed by atoms with Crippen molar-refractivity contribution in [1.82, 2.24) is 29.9 Å². The van der Waals surface area contributed by atoms with E-state index in [1.54, 1.807) is 0 Å². The molecule has 4 aromatic heterocycles. The van der Waals surface area contributed by atoms with Crippen LogP contribution in [0.15, 0.2) is 291 Å². The third-order valence-corrected chi connectivity index (χ3v) is 13.9. The van der Waals surface area contributed by atoms with Crippen LogP contribution >= 0.6 is 0 Å². The summed E-state index contributed by atoms with van der Waals surface area (Å²) in [6.07, 6.45) is 0. The topological polar surface area (TPSA) is 77.3 Å². The second-order valence-electron chi connectivity index (χ2n) is 19.0. The summed E-state index contributed by atoms with van der Waals surface area (Å²) in [5, 5.41) is 0. The van der Waals surface area contributed by atoms with Gasteiger partial charge in [0.1, 0.15) is 0 Å². The number of benzene rings is 9. The van der Waals surface area contributed by atoms with Crippen molar-refractivity contribution in [2.24, 2.45) is 0 Å². The first-order valence-corrected chi connectivity index (χ1v) is 26.1. The molecule has 78 heavy (non-hydrogen) atoms. The molecule has 4 heterocycles. The zero-order valence-electron chi connectivity index (χ0n) is 42.4. The number of nitrogens with zero attached hydrogens (tertiary/aromatic N) is 6. The minimum Gasteiger partial charge on any atom is -0.248 e. The number of hydrogen-bond donors (Lipinski definition) is 0. The first-order chi connectivity index (χ1) is 38.7. The average molecular weight is 997 g/mol. The highest BCUT2D eigenvalue weighted by atomic mass is 14.9. The predicted octanol–water partition coefficient (Wildman–Crippen LogP) is 18.1. The van der Waals surface area contributed by atoms with Crippen molar-refractivity contribution in [3.05, 3.63) is 291 Å². The Morgan fingerprint density at radius 1 is 0.128 bits per heavy atom. The van der Waals surface area contributed by atoms with Crippen molar-refractivity contribution in [3.63, 3.8) is 0 Å². The van der Waals surface area contributed by atoms with E-state index in [-0.39, 0.29) is 0 Å². The summed E-state index contributed by atoms with van der Waals surface area (Å²) in [6.45, 7) is 0. The highest BCUT2D eigenvalue weighted by Crippen LogP contribution is 2.43. The lowest BCUT2D eigenvalue weighted by atomic mass is 9.95. The van der Waals surface area contributed by atoms with E-state index in [1.165, 1.54) is 0 Å². The second-order valence-corrected chi connectivity index (χ2v) is 19.0. The van der Waals surface area contributed by atoms with Gasteiger partial charge in [0.05, 0.1) is 68.3 Å². The van der Waals surface area contributed by atoms with Crippen LogP contribution in [0.3, 0.4) is 0 Å². The van der Waals surface area contributed by atoms with Crippen LogP contribution in [-0.2, 0) is 0 Å². The van der Waals surface area contributed by atoms with Gasteiger partial charge in [-0.25, -0.2) is 29.9 Å². The summed E-state index contributed by atoms with van der Waals surface area (Å²) >= 11 is 0. The summed E-state index contributed by atoms with van der Waals surface area (Å²) in [5.41, 5.74) is 20.7. The molecule has 6 nitrogen and oxygen atoms in total. The number of hydrogen-bond acceptors (Lipinski definition) is 6. The maximum Gasteiger partial charge on any atom is 0.0974 e. The smallest absolute Gasteiger partial charge is 0.0974 e. The fraction of sp³-hybridized carbons (Fsp3) is 0. The summed E-state index contributed by atoms with van der Waals surface area (Å²) in [7, 11) is 0. The number of pyridine rings is 2. The van der Waals surface area contributed by atoms with Gasteiger partial charge in [-0.3, -0.25) is 0 Å². The van der Waals surface area contributed by atoms with Crippen molar-refractivity contribution < 1.29 is 0 Å². The third kappa shape index (κ3) is 9.69. The van der Waals surface area contributed by atoms with E-state index in [0.29, 0.717) is 0 Å². The largest absolute Gasteiger partial charge is 0.248 e. The third-order valence-electron chi connectivity index (χ3n) is 13.9. The van der Waals surface area contributed by atoms with E-state index in [2.05, 4.69) is 194 Å². The van der Waals surface area contributed by atoms with E-state index >= 15 is 0 Å². The molecule has 0 N–H and O–H groups in total. The molecule has 0 saturated carbocycles. The Labute approximate surface area is 453 Å². The van der Waals surface area contributed by atoms with Gasteiger partial charge in [-0.1, -0.05) is 261 Å². The van der Waals surface area contributed by atoms with Crippen LogP contribution in [-0.4, -0.2) is 29.9 Å². The minimum atomic E-state index is 0.735. The lowest BCUT2D eigenvalue weighted by Crippen LogP contribution is -2.03. The van der Waals surface area contributed by atoms with Gasteiger partial charge in [0.25, 0.3) is 0 Å². The zero-order chi connectivity index (χ0) is 52.0. The molecule has 0 amide bonds. The molecule has 9 aromatic carbocycles. The number of aromatic nitrogens is 6. The highest BCUT2D eigenvalue weighted by Gasteiger charge is 2.25. The monoisotopic (exact) mass is 996 g/mol. The first-order valence-electron chi connectivity index (χ1n) is 26.1.